The Bertz CT molecular complexity index is 1130. The number of piperazine rings is 1. The summed E-state index contributed by atoms with van der Waals surface area (Å²) in [6.45, 7) is 0.682. The fourth-order valence-electron chi connectivity index (χ4n) is 3.82. The second-order valence-corrected chi connectivity index (χ2v) is 7.54. The van der Waals surface area contributed by atoms with Crippen molar-refractivity contribution in [1.29, 1.82) is 0 Å². The van der Waals surface area contributed by atoms with Gasteiger partial charge in [-0.15, -0.1) is 0 Å². The number of para-hydroxylation sites is 1. The van der Waals surface area contributed by atoms with Gasteiger partial charge >= 0.3 is 0 Å². The maximum atomic E-state index is 12.8. The lowest BCUT2D eigenvalue weighted by atomic mass is 9.98. The summed E-state index contributed by atoms with van der Waals surface area (Å²) >= 11 is 3.48. The number of benzene rings is 2. The summed E-state index contributed by atoms with van der Waals surface area (Å²) in [5.41, 5.74) is 4.19. The van der Waals surface area contributed by atoms with Gasteiger partial charge in [0.15, 0.2) is 0 Å². The molecule has 4 N–H and O–H groups in total. The number of rotatable bonds is 2. The van der Waals surface area contributed by atoms with Crippen LogP contribution in [0.4, 0.5) is 0 Å². The highest BCUT2D eigenvalue weighted by Crippen LogP contribution is 2.31. The molecular weight excluding hydrogens is 392 g/mol. The lowest BCUT2D eigenvalue weighted by Crippen LogP contribution is -2.49. The lowest BCUT2D eigenvalue weighted by molar-refractivity contribution is -0.125. The summed E-state index contributed by atoms with van der Waals surface area (Å²) in [5, 5.41) is 8.81. The highest BCUT2D eigenvalue weighted by atomic mass is 79.9. The predicted molar refractivity (Wildman–Crippen MR) is 106 cm³/mol. The van der Waals surface area contributed by atoms with Gasteiger partial charge in [-0.3, -0.25) is 10.1 Å². The SMILES string of the molecule is O=C1N[C@H](c2c[nH]c3ccccc23)CN[C@H]1c1c[nH]c2cc(Br)ccc12. The van der Waals surface area contributed by atoms with E-state index < -0.39 is 0 Å². The Hall–Kier alpha value is -2.57. The summed E-state index contributed by atoms with van der Waals surface area (Å²) in [6.07, 6.45) is 3.90. The minimum atomic E-state index is -0.355. The van der Waals surface area contributed by atoms with Crippen LogP contribution in [0.3, 0.4) is 0 Å². The number of aromatic amines is 2. The average Bonchev–Trinajstić information content (AvgIpc) is 3.25. The fraction of sp³-hybridized carbons (Fsp3) is 0.150. The van der Waals surface area contributed by atoms with Crippen molar-refractivity contribution in [2.45, 2.75) is 12.1 Å². The molecule has 1 aliphatic rings. The number of amides is 1. The molecule has 0 spiro atoms. The van der Waals surface area contributed by atoms with E-state index in [0.29, 0.717) is 6.54 Å². The molecule has 6 heteroatoms. The molecule has 26 heavy (non-hydrogen) atoms. The molecule has 1 fully saturated rings. The molecular formula is C20H17BrN4O. The van der Waals surface area contributed by atoms with E-state index in [2.05, 4.69) is 42.6 Å². The Morgan fingerprint density at radius 1 is 0.923 bits per heavy atom. The summed E-state index contributed by atoms with van der Waals surface area (Å²) in [5.74, 6) is -0.00431. The van der Waals surface area contributed by atoms with E-state index in [9.17, 15) is 4.79 Å². The van der Waals surface area contributed by atoms with Crippen molar-refractivity contribution < 1.29 is 4.79 Å². The lowest BCUT2D eigenvalue weighted by Gasteiger charge is -2.30. The van der Waals surface area contributed by atoms with Crippen molar-refractivity contribution in [3.05, 3.63) is 70.5 Å². The van der Waals surface area contributed by atoms with Crippen LogP contribution in [0.25, 0.3) is 21.8 Å². The monoisotopic (exact) mass is 408 g/mol. The largest absolute Gasteiger partial charge is 0.361 e. The highest BCUT2D eigenvalue weighted by molar-refractivity contribution is 9.10. The van der Waals surface area contributed by atoms with Crippen LogP contribution in [0.15, 0.2) is 59.3 Å². The number of halogens is 1. The van der Waals surface area contributed by atoms with Crippen molar-refractivity contribution >= 4 is 43.6 Å². The molecule has 2 atom stereocenters. The van der Waals surface area contributed by atoms with E-state index in [1.807, 2.05) is 48.8 Å². The molecule has 5 nitrogen and oxygen atoms in total. The maximum Gasteiger partial charge on any atom is 0.242 e. The minimum absolute atomic E-state index is 0.00431. The molecule has 1 saturated heterocycles. The third kappa shape index (κ3) is 2.45. The normalized spacial score (nSPS) is 20.6. The first kappa shape index (κ1) is 15.7. The molecule has 2 aromatic heterocycles. The molecule has 1 amide bonds. The molecule has 0 unspecified atom stereocenters. The van der Waals surface area contributed by atoms with Gasteiger partial charge in [0.25, 0.3) is 0 Å². The number of nitrogens with one attached hydrogen (secondary N) is 4. The Morgan fingerprint density at radius 2 is 1.69 bits per heavy atom. The van der Waals surface area contributed by atoms with Gasteiger partial charge in [0.2, 0.25) is 5.91 Å². The Kier molecular flexibility index (Phi) is 3.62. The van der Waals surface area contributed by atoms with Gasteiger partial charge in [-0.1, -0.05) is 40.2 Å². The molecule has 0 aliphatic carbocycles. The smallest absolute Gasteiger partial charge is 0.242 e. The number of fused-ring (bicyclic) bond motifs is 2. The summed E-state index contributed by atoms with van der Waals surface area (Å²) in [4.78, 5) is 19.4. The van der Waals surface area contributed by atoms with Crippen LogP contribution in [0, 0.1) is 0 Å². The van der Waals surface area contributed by atoms with Gasteiger partial charge in [0.05, 0.1) is 6.04 Å². The molecule has 3 heterocycles. The van der Waals surface area contributed by atoms with E-state index in [1.165, 1.54) is 0 Å². The number of hydrogen-bond donors (Lipinski definition) is 4. The number of hydrogen-bond acceptors (Lipinski definition) is 2. The molecule has 2 aromatic carbocycles. The highest BCUT2D eigenvalue weighted by Gasteiger charge is 2.31. The zero-order valence-corrected chi connectivity index (χ0v) is 15.4. The third-order valence-corrected chi connectivity index (χ3v) is 5.58. The topological polar surface area (TPSA) is 72.7 Å². The second-order valence-electron chi connectivity index (χ2n) is 6.63. The maximum absolute atomic E-state index is 12.8. The number of carbonyl (C=O) groups excluding carboxylic acids is 1. The minimum Gasteiger partial charge on any atom is -0.361 e. The van der Waals surface area contributed by atoms with E-state index >= 15 is 0 Å². The van der Waals surface area contributed by atoms with Crippen LogP contribution in [-0.4, -0.2) is 22.4 Å². The van der Waals surface area contributed by atoms with Gasteiger partial charge in [0.1, 0.15) is 6.04 Å². The zero-order valence-electron chi connectivity index (χ0n) is 13.8. The quantitative estimate of drug-likeness (QED) is 0.405. The van der Waals surface area contributed by atoms with Crippen LogP contribution in [0.1, 0.15) is 23.2 Å². The van der Waals surface area contributed by atoms with Crippen molar-refractivity contribution in [2.75, 3.05) is 6.54 Å². The second kappa shape index (κ2) is 6.00. The van der Waals surface area contributed by atoms with Crippen molar-refractivity contribution in [3.8, 4) is 0 Å². The van der Waals surface area contributed by atoms with Crippen molar-refractivity contribution in [3.63, 3.8) is 0 Å². The van der Waals surface area contributed by atoms with Crippen LogP contribution in [0.2, 0.25) is 0 Å². The van der Waals surface area contributed by atoms with Gasteiger partial charge in [-0.2, -0.15) is 0 Å². The molecule has 0 radical (unpaired) electrons. The number of aromatic nitrogens is 2. The van der Waals surface area contributed by atoms with Gasteiger partial charge in [0, 0.05) is 56.3 Å². The van der Waals surface area contributed by atoms with E-state index in [4.69, 9.17) is 0 Å². The van der Waals surface area contributed by atoms with Crippen LogP contribution < -0.4 is 10.6 Å². The van der Waals surface area contributed by atoms with Gasteiger partial charge in [-0.05, 0) is 18.2 Å². The first-order valence-corrected chi connectivity index (χ1v) is 9.36. The Labute approximate surface area is 158 Å². The van der Waals surface area contributed by atoms with Crippen molar-refractivity contribution in [1.82, 2.24) is 20.6 Å². The van der Waals surface area contributed by atoms with E-state index in [0.717, 1.165) is 37.4 Å². The standard InChI is InChI=1S/C20H17BrN4O/c21-11-5-6-13-15(9-23-17(13)7-11)19-20(26)25-18(10-24-19)14-8-22-16-4-2-1-3-12(14)16/h1-9,18-19,22-24H,10H2,(H,25,26)/t18-,19-/m0/s1. The number of H-pyrrole nitrogens is 2. The molecule has 4 aromatic rings. The molecule has 0 saturated carbocycles. The van der Waals surface area contributed by atoms with Crippen LogP contribution >= 0.6 is 15.9 Å². The average molecular weight is 409 g/mol. The van der Waals surface area contributed by atoms with Crippen LogP contribution in [-0.2, 0) is 4.79 Å². The third-order valence-electron chi connectivity index (χ3n) is 5.09. The van der Waals surface area contributed by atoms with Crippen molar-refractivity contribution in [2.24, 2.45) is 0 Å². The zero-order chi connectivity index (χ0) is 17.7. The summed E-state index contributed by atoms with van der Waals surface area (Å²) in [7, 11) is 0. The fourth-order valence-corrected chi connectivity index (χ4v) is 4.18. The molecule has 5 rings (SSSR count). The first-order chi connectivity index (χ1) is 12.7. The van der Waals surface area contributed by atoms with Crippen LogP contribution in [0.5, 0.6) is 0 Å². The summed E-state index contributed by atoms with van der Waals surface area (Å²) in [6, 6.07) is 13.8. The van der Waals surface area contributed by atoms with E-state index in [-0.39, 0.29) is 18.0 Å². The predicted octanol–water partition coefficient (Wildman–Crippen LogP) is 3.91. The molecule has 0 bridgehead atoms. The molecule has 1 aliphatic heterocycles. The molecule has 130 valence electrons. The van der Waals surface area contributed by atoms with Gasteiger partial charge in [-0.25, -0.2) is 0 Å². The number of carbonyl (C=O) groups is 1. The van der Waals surface area contributed by atoms with E-state index in [1.54, 1.807) is 0 Å². The summed E-state index contributed by atoms with van der Waals surface area (Å²) < 4.78 is 1.01. The Balaban J connectivity index is 1.44. The Morgan fingerprint density at radius 3 is 2.58 bits per heavy atom. The first-order valence-electron chi connectivity index (χ1n) is 8.57. The van der Waals surface area contributed by atoms with Gasteiger partial charge < -0.3 is 15.3 Å².